The van der Waals surface area contributed by atoms with Crippen LogP contribution in [0.2, 0.25) is 0 Å². The molecule has 0 aliphatic carbocycles. The number of nitriles is 1. The molecule has 0 radical (unpaired) electrons. The molecule has 0 bridgehead atoms. The van der Waals surface area contributed by atoms with Crippen molar-refractivity contribution in [3.63, 3.8) is 0 Å². The van der Waals surface area contributed by atoms with E-state index in [-0.39, 0.29) is 0 Å². The minimum Gasteiger partial charge on any atom is -0.383 e. The molecule has 0 aliphatic heterocycles. The van der Waals surface area contributed by atoms with Crippen molar-refractivity contribution in [3.05, 3.63) is 59.3 Å². The Labute approximate surface area is 129 Å². The lowest BCUT2D eigenvalue weighted by molar-refractivity contribution is 0.679. The van der Waals surface area contributed by atoms with Gasteiger partial charge in [-0.1, -0.05) is 55.8 Å². The van der Waals surface area contributed by atoms with Gasteiger partial charge >= 0.3 is 0 Å². The van der Waals surface area contributed by atoms with Crippen LogP contribution < -0.4 is 5.73 Å². The number of nitrogens with two attached hydrogens (primary N) is 1. The van der Waals surface area contributed by atoms with E-state index < -0.39 is 0 Å². The average Bonchev–Trinajstić information content (AvgIpc) is 2.83. The first-order valence-electron chi connectivity index (χ1n) is 7.46. The van der Waals surface area contributed by atoms with Gasteiger partial charge in [-0.3, -0.25) is 0 Å². The summed E-state index contributed by atoms with van der Waals surface area (Å²) in [4.78, 5) is 0. The summed E-state index contributed by atoms with van der Waals surface area (Å²) in [5, 5.41) is 16.2. The fourth-order valence-electron chi connectivity index (χ4n) is 2.77. The Morgan fingerprint density at radius 2 is 1.95 bits per heavy atom. The minimum absolute atomic E-state index is 0.457. The van der Waals surface area contributed by atoms with E-state index >= 15 is 0 Å². The summed E-state index contributed by atoms with van der Waals surface area (Å²) in [5.74, 6) is 0.457. The van der Waals surface area contributed by atoms with Crippen LogP contribution in [0.25, 0.3) is 10.8 Å². The van der Waals surface area contributed by atoms with Crippen molar-refractivity contribution in [3.8, 4) is 6.07 Å². The first kappa shape index (κ1) is 14.2. The molecule has 4 heteroatoms. The summed E-state index contributed by atoms with van der Waals surface area (Å²) in [7, 11) is 0. The zero-order valence-corrected chi connectivity index (χ0v) is 12.6. The van der Waals surface area contributed by atoms with E-state index in [2.05, 4.69) is 42.4 Å². The number of aryl methyl sites for hydroxylation is 1. The van der Waals surface area contributed by atoms with Crippen LogP contribution in [-0.4, -0.2) is 9.78 Å². The lowest BCUT2D eigenvalue weighted by Gasteiger charge is -2.08. The summed E-state index contributed by atoms with van der Waals surface area (Å²) in [6.45, 7) is 2.65. The molecule has 0 saturated heterocycles. The summed E-state index contributed by atoms with van der Waals surface area (Å²) in [6.07, 6.45) is 1.72. The van der Waals surface area contributed by atoms with Crippen LogP contribution in [0.3, 0.4) is 0 Å². The van der Waals surface area contributed by atoms with Crippen molar-refractivity contribution >= 4 is 16.6 Å². The van der Waals surface area contributed by atoms with Crippen molar-refractivity contribution in [1.29, 1.82) is 5.26 Å². The molecule has 1 heterocycles. The lowest BCUT2D eigenvalue weighted by atomic mass is 10.0. The first-order valence-corrected chi connectivity index (χ1v) is 7.46. The Hall–Kier alpha value is -2.80. The number of benzene rings is 2. The highest BCUT2D eigenvalue weighted by atomic mass is 15.3. The van der Waals surface area contributed by atoms with Gasteiger partial charge in [-0.15, -0.1) is 0 Å². The molecule has 0 fully saturated rings. The Bertz CT molecular complexity index is 850. The predicted octanol–water partition coefficient (Wildman–Crippen LogP) is 3.49. The van der Waals surface area contributed by atoms with Gasteiger partial charge in [0.25, 0.3) is 0 Å². The molecule has 2 N–H and O–H groups in total. The van der Waals surface area contributed by atoms with Gasteiger partial charge in [0.05, 0.1) is 12.2 Å². The van der Waals surface area contributed by atoms with Crippen molar-refractivity contribution in [2.75, 3.05) is 5.73 Å². The number of fused-ring (bicyclic) bond motifs is 1. The molecule has 0 atom stereocenters. The van der Waals surface area contributed by atoms with Gasteiger partial charge in [0.2, 0.25) is 0 Å². The third kappa shape index (κ3) is 2.42. The summed E-state index contributed by atoms with van der Waals surface area (Å²) >= 11 is 0. The van der Waals surface area contributed by atoms with Gasteiger partial charge in [0.15, 0.2) is 0 Å². The molecule has 3 rings (SSSR count). The lowest BCUT2D eigenvalue weighted by Crippen LogP contribution is -2.07. The molecule has 2 aromatic carbocycles. The smallest absolute Gasteiger partial charge is 0.140 e. The van der Waals surface area contributed by atoms with E-state index in [0.717, 1.165) is 24.1 Å². The van der Waals surface area contributed by atoms with Crippen molar-refractivity contribution < 1.29 is 0 Å². The zero-order chi connectivity index (χ0) is 15.5. The number of nitrogen functional groups attached to an aromatic ring is 1. The largest absolute Gasteiger partial charge is 0.383 e. The SMILES string of the molecule is CCCc1nn(Cc2cccc3ccccc23)c(N)c1C#N. The van der Waals surface area contributed by atoms with E-state index in [1.165, 1.54) is 10.8 Å². The van der Waals surface area contributed by atoms with Gasteiger partial charge < -0.3 is 5.73 Å². The Morgan fingerprint density at radius 1 is 1.18 bits per heavy atom. The monoisotopic (exact) mass is 290 g/mol. The van der Waals surface area contributed by atoms with Crippen molar-refractivity contribution in [1.82, 2.24) is 9.78 Å². The molecule has 0 spiro atoms. The first-order chi connectivity index (χ1) is 10.7. The molecule has 22 heavy (non-hydrogen) atoms. The molecular formula is C18H18N4. The topological polar surface area (TPSA) is 67.6 Å². The fraction of sp³-hybridized carbons (Fsp3) is 0.222. The number of hydrogen-bond donors (Lipinski definition) is 1. The number of nitrogens with zero attached hydrogens (tertiary/aromatic N) is 3. The van der Waals surface area contributed by atoms with Gasteiger partial charge in [-0.2, -0.15) is 10.4 Å². The van der Waals surface area contributed by atoms with Gasteiger partial charge in [0.1, 0.15) is 17.5 Å². The molecule has 0 saturated carbocycles. The molecule has 0 unspecified atom stereocenters. The summed E-state index contributed by atoms with van der Waals surface area (Å²) in [6, 6.07) is 16.6. The molecule has 3 aromatic rings. The Kier molecular flexibility index (Phi) is 3.80. The number of anilines is 1. The maximum atomic E-state index is 9.29. The third-order valence-corrected chi connectivity index (χ3v) is 3.86. The molecular weight excluding hydrogens is 272 g/mol. The number of rotatable bonds is 4. The van der Waals surface area contributed by atoms with Gasteiger partial charge in [-0.25, -0.2) is 4.68 Å². The standard InChI is InChI=1S/C18H18N4/c1-2-6-17-16(11-19)18(20)22(21-17)12-14-9-5-8-13-7-3-4-10-15(13)14/h3-5,7-10H,2,6,12,20H2,1H3. The van der Waals surface area contributed by atoms with Gasteiger partial charge in [0, 0.05) is 0 Å². The highest BCUT2D eigenvalue weighted by Crippen LogP contribution is 2.23. The van der Waals surface area contributed by atoms with Crippen LogP contribution in [0.5, 0.6) is 0 Å². The zero-order valence-electron chi connectivity index (χ0n) is 12.6. The highest BCUT2D eigenvalue weighted by Gasteiger charge is 2.15. The van der Waals surface area contributed by atoms with Crippen LogP contribution in [-0.2, 0) is 13.0 Å². The fourth-order valence-corrected chi connectivity index (χ4v) is 2.77. The molecule has 0 amide bonds. The van der Waals surface area contributed by atoms with E-state index in [4.69, 9.17) is 5.73 Å². The maximum absolute atomic E-state index is 9.29. The van der Waals surface area contributed by atoms with E-state index in [1.54, 1.807) is 4.68 Å². The minimum atomic E-state index is 0.457. The third-order valence-electron chi connectivity index (χ3n) is 3.86. The summed E-state index contributed by atoms with van der Waals surface area (Å²) in [5.41, 5.74) is 8.58. The van der Waals surface area contributed by atoms with Gasteiger partial charge in [-0.05, 0) is 22.8 Å². The second kappa shape index (κ2) is 5.90. The normalized spacial score (nSPS) is 10.7. The second-order valence-corrected chi connectivity index (χ2v) is 5.36. The Balaban J connectivity index is 2.04. The Morgan fingerprint density at radius 3 is 2.73 bits per heavy atom. The predicted molar refractivity (Wildman–Crippen MR) is 88.4 cm³/mol. The quantitative estimate of drug-likeness (QED) is 0.799. The maximum Gasteiger partial charge on any atom is 0.140 e. The summed E-state index contributed by atoms with van der Waals surface area (Å²) < 4.78 is 1.74. The van der Waals surface area contributed by atoms with E-state index in [9.17, 15) is 5.26 Å². The highest BCUT2D eigenvalue weighted by molar-refractivity contribution is 5.85. The van der Waals surface area contributed by atoms with Crippen LogP contribution in [0, 0.1) is 11.3 Å². The van der Waals surface area contributed by atoms with E-state index in [0.29, 0.717) is 17.9 Å². The van der Waals surface area contributed by atoms with Crippen LogP contribution >= 0.6 is 0 Å². The average molecular weight is 290 g/mol. The molecule has 4 nitrogen and oxygen atoms in total. The van der Waals surface area contributed by atoms with Crippen molar-refractivity contribution in [2.45, 2.75) is 26.3 Å². The van der Waals surface area contributed by atoms with E-state index in [1.807, 2.05) is 18.2 Å². The van der Waals surface area contributed by atoms with Crippen molar-refractivity contribution in [2.24, 2.45) is 0 Å². The molecule has 1 aromatic heterocycles. The molecule has 110 valence electrons. The molecule has 0 aliphatic rings. The number of hydrogen-bond acceptors (Lipinski definition) is 3. The second-order valence-electron chi connectivity index (χ2n) is 5.36. The van der Waals surface area contributed by atoms with Crippen LogP contribution in [0.4, 0.5) is 5.82 Å². The van der Waals surface area contributed by atoms with Crippen LogP contribution in [0.1, 0.15) is 30.2 Å². The number of aromatic nitrogens is 2. The van der Waals surface area contributed by atoms with Crippen LogP contribution in [0.15, 0.2) is 42.5 Å².